The van der Waals surface area contributed by atoms with Crippen molar-refractivity contribution in [2.24, 2.45) is 0 Å². The van der Waals surface area contributed by atoms with Crippen LogP contribution in [0.3, 0.4) is 0 Å². The maximum absolute atomic E-state index is 12.4. The van der Waals surface area contributed by atoms with Crippen molar-refractivity contribution in [3.8, 4) is 0 Å². The van der Waals surface area contributed by atoms with E-state index in [9.17, 15) is 19.7 Å². The van der Waals surface area contributed by atoms with Gasteiger partial charge < -0.3 is 15.8 Å². The van der Waals surface area contributed by atoms with E-state index in [2.05, 4.69) is 10.6 Å². The molecule has 0 heterocycles. The fourth-order valence-electron chi connectivity index (χ4n) is 2.16. The van der Waals surface area contributed by atoms with Gasteiger partial charge in [0.05, 0.1) is 10.6 Å². The van der Waals surface area contributed by atoms with Crippen LogP contribution in [0.15, 0.2) is 42.5 Å². The van der Waals surface area contributed by atoms with Gasteiger partial charge in [0.25, 0.3) is 11.6 Å². The van der Waals surface area contributed by atoms with Crippen LogP contribution in [0.1, 0.15) is 31.1 Å². The van der Waals surface area contributed by atoms with Crippen LogP contribution in [-0.4, -0.2) is 22.5 Å². The number of carbonyl (C=O) groups excluding carboxylic acids is 2. The molecule has 4 N–H and O–H groups in total. The number of nitrogens with two attached hydrogens (primary N) is 1. The van der Waals surface area contributed by atoms with Crippen LogP contribution in [0, 0.1) is 10.1 Å². The van der Waals surface area contributed by atoms with E-state index in [-0.39, 0.29) is 22.6 Å². The van der Waals surface area contributed by atoms with E-state index < -0.39 is 22.5 Å². The Morgan fingerprint density at radius 3 is 2.26 bits per heavy atom. The van der Waals surface area contributed by atoms with E-state index in [4.69, 9.17) is 10.5 Å². The van der Waals surface area contributed by atoms with Gasteiger partial charge in [-0.2, -0.15) is 0 Å². The molecule has 0 spiro atoms. The zero-order valence-corrected chi connectivity index (χ0v) is 15.1. The SMILES string of the molecule is CC(C)(C)OC(=O)Nc1ccc(C(=O)Nc2c(N)cccc2[N+](=O)[O-])cc1. The van der Waals surface area contributed by atoms with E-state index in [0.29, 0.717) is 5.69 Å². The summed E-state index contributed by atoms with van der Waals surface area (Å²) in [5, 5.41) is 16.1. The highest BCUT2D eigenvalue weighted by atomic mass is 16.6. The average Bonchev–Trinajstić information content (AvgIpc) is 2.55. The second kappa shape index (κ2) is 7.73. The highest BCUT2D eigenvalue weighted by molar-refractivity contribution is 6.07. The van der Waals surface area contributed by atoms with Crippen molar-refractivity contribution >= 4 is 34.7 Å². The van der Waals surface area contributed by atoms with Gasteiger partial charge in [0.1, 0.15) is 11.3 Å². The molecular weight excluding hydrogens is 352 g/mol. The number of nitro groups is 1. The van der Waals surface area contributed by atoms with Gasteiger partial charge in [0.15, 0.2) is 0 Å². The Morgan fingerprint density at radius 1 is 1.07 bits per heavy atom. The fraction of sp³-hybridized carbons (Fsp3) is 0.222. The summed E-state index contributed by atoms with van der Waals surface area (Å²) in [6.45, 7) is 5.23. The van der Waals surface area contributed by atoms with E-state index in [1.807, 2.05) is 0 Å². The summed E-state index contributed by atoms with van der Waals surface area (Å²) in [6.07, 6.45) is -0.618. The summed E-state index contributed by atoms with van der Waals surface area (Å²) >= 11 is 0. The maximum atomic E-state index is 12.4. The summed E-state index contributed by atoms with van der Waals surface area (Å²) in [5.41, 5.74) is 5.50. The number of nitrogens with zero attached hydrogens (tertiary/aromatic N) is 1. The van der Waals surface area contributed by atoms with Gasteiger partial charge in [-0.1, -0.05) is 6.07 Å². The Bertz CT molecular complexity index is 872. The Morgan fingerprint density at radius 2 is 1.70 bits per heavy atom. The first kappa shape index (κ1) is 19.7. The number of amides is 2. The molecule has 0 saturated heterocycles. The first-order chi connectivity index (χ1) is 12.6. The molecule has 0 aromatic heterocycles. The fourth-order valence-corrected chi connectivity index (χ4v) is 2.16. The minimum Gasteiger partial charge on any atom is -0.444 e. The minimum atomic E-state index is -0.631. The molecule has 9 nitrogen and oxygen atoms in total. The lowest BCUT2D eigenvalue weighted by Crippen LogP contribution is -2.27. The van der Waals surface area contributed by atoms with Crippen LogP contribution in [-0.2, 0) is 4.74 Å². The van der Waals surface area contributed by atoms with Crippen molar-refractivity contribution in [3.63, 3.8) is 0 Å². The predicted molar refractivity (Wildman–Crippen MR) is 102 cm³/mol. The monoisotopic (exact) mass is 372 g/mol. The zero-order chi connectivity index (χ0) is 20.2. The van der Waals surface area contributed by atoms with Crippen LogP contribution < -0.4 is 16.4 Å². The number of nitrogens with one attached hydrogen (secondary N) is 2. The molecular formula is C18H20N4O5. The van der Waals surface area contributed by atoms with Crippen molar-refractivity contribution in [1.82, 2.24) is 0 Å². The molecule has 0 aliphatic rings. The Kier molecular flexibility index (Phi) is 5.64. The Hall–Kier alpha value is -3.62. The molecule has 2 amide bonds. The van der Waals surface area contributed by atoms with Crippen LogP contribution in [0.25, 0.3) is 0 Å². The second-order valence-corrected chi connectivity index (χ2v) is 6.66. The van der Waals surface area contributed by atoms with Crippen molar-refractivity contribution in [2.45, 2.75) is 26.4 Å². The van der Waals surface area contributed by atoms with Crippen LogP contribution >= 0.6 is 0 Å². The number of rotatable bonds is 4. The van der Waals surface area contributed by atoms with Gasteiger partial charge in [0.2, 0.25) is 0 Å². The number of ether oxygens (including phenoxy) is 1. The molecule has 0 unspecified atom stereocenters. The lowest BCUT2D eigenvalue weighted by atomic mass is 10.1. The zero-order valence-electron chi connectivity index (χ0n) is 15.1. The molecule has 0 fully saturated rings. The number of benzene rings is 2. The summed E-state index contributed by atoms with van der Waals surface area (Å²) in [7, 11) is 0. The van der Waals surface area contributed by atoms with Gasteiger partial charge in [0, 0.05) is 17.3 Å². The van der Waals surface area contributed by atoms with Gasteiger partial charge >= 0.3 is 6.09 Å². The number of para-hydroxylation sites is 1. The van der Waals surface area contributed by atoms with E-state index >= 15 is 0 Å². The third kappa shape index (κ3) is 5.43. The second-order valence-electron chi connectivity index (χ2n) is 6.66. The first-order valence-corrected chi connectivity index (χ1v) is 8.01. The molecule has 0 aliphatic heterocycles. The predicted octanol–water partition coefficient (Wildman–Crippen LogP) is 3.78. The van der Waals surface area contributed by atoms with Crippen LogP contribution in [0.2, 0.25) is 0 Å². The molecule has 142 valence electrons. The first-order valence-electron chi connectivity index (χ1n) is 8.01. The average molecular weight is 372 g/mol. The van der Waals surface area contributed by atoms with Crippen molar-refractivity contribution < 1.29 is 19.2 Å². The number of hydrogen-bond donors (Lipinski definition) is 3. The Balaban J connectivity index is 2.11. The third-order valence-corrected chi connectivity index (χ3v) is 3.30. The molecule has 0 saturated carbocycles. The van der Waals surface area contributed by atoms with Crippen LogP contribution in [0.5, 0.6) is 0 Å². The van der Waals surface area contributed by atoms with Gasteiger partial charge in [-0.25, -0.2) is 4.79 Å². The summed E-state index contributed by atoms with van der Waals surface area (Å²) < 4.78 is 5.14. The largest absolute Gasteiger partial charge is 0.444 e. The molecule has 2 aromatic rings. The van der Waals surface area contributed by atoms with Crippen molar-refractivity contribution in [3.05, 3.63) is 58.1 Å². The summed E-state index contributed by atoms with van der Waals surface area (Å²) in [6, 6.07) is 10.1. The summed E-state index contributed by atoms with van der Waals surface area (Å²) in [5.74, 6) is -0.570. The molecule has 9 heteroatoms. The molecule has 0 bridgehead atoms. The smallest absolute Gasteiger partial charge is 0.412 e. The summed E-state index contributed by atoms with van der Waals surface area (Å²) in [4.78, 5) is 34.6. The molecule has 0 radical (unpaired) electrons. The van der Waals surface area contributed by atoms with E-state index in [1.165, 1.54) is 42.5 Å². The normalized spacial score (nSPS) is 10.8. The third-order valence-electron chi connectivity index (χ3n) is 3.30. The number of carbonyl (C=O) groups is 2. The van der Waals surface area contributed by atoms with Gasteiger partial charge in [-0.3, -0.25) is 20.2 Å². The highest BCUT2D eigenvalue weighted by Gasteiger charge is 2.19. The molecule has 2 rings (SSSR count). The molecule has 0 atom stereocenters. The number of anilines is 3. The lowest BCUT2D eigenvalue weighted by Gasteiger charge is -2.19. The number of hydrogen-bond acceptors (Lipinski definition) is 6. The molecule has 2 aromatic carbocycles. The van der Waals surface area contributed by atoms with Crippen LogP contribution in [0.4, 0.5) is 27.5 Å². The lowest BCUT2D eigenvalue weighted by molar-refractivity contribution is -0.383. The maximum Gasteiger partial charge on any atom is 0.412 e. The quantitative estimate of drug-likeness (QED) is 0.424. The van der Waals surface area contributed by atoms with Gasteiger partial charge in [-0.05, 0) is 51.1 Å². The standard InChI is InChI=1S/C18H20N4O5/c1-18(2,3)27-17(24)20-12-9-7-11(8-10-12)16(23)21-15-13(19)5-4-6-14(15)22(25)26/h4-10H,19H2,1-3H3,(H,20,24)(H,21,23). The molecule has 0 aliphatic carbocycles. The van der Waals surface area contributed by atoms with E-state index in [1.54, 1.807) is 20.8 Å². The Labute approximate surface area is 155 Å². The highest BCUT2D eigenvalue weighted by Crippen LogP contribution is 2.30. The van der Waals surface area contributed by atoms with Crippen molar-refractivity contribution in [1.29, 1.82) is 0 Å². The molecule has 27 heavy (non-hydrogen) atoms. The topological polar surface area (TPSA) is 137 Å². The van der Waals surface area contributed by atoms with Crippen molar-refractivity contribution in [2.75, 3.05) is 16.4 Å². The number of nitrogen functional groups attached to an aromatic ring is 1. The number of nitro benzene ring substituents is 1. The van der Waals surface area contributed by atoms with E-state index in [0.717, 1.165) is 0 Å². The van der Waals surface area contributed by atoms with Gasteiger partial charge in [-0.15, -0.1) is 0 Å². The minimum absolute atomic E-state index is 0.0662.